The molecule has 2 amide bonds. The van der Waals surface area contributed by atoms with Gasteiger partial charge in [-0.2, -0.15) is 0 Å². The normalized spacial score (nSPS) is 12.7. The largest absolute Gasteiger partial charge is 0.350 e. The van der Waals surface area contributed by atoms with Crippen LogP contribution in [0.15, 0.2) is 42.5 Å². The molecule has 11 heteroatoms. The minimum absolute atomic E-state index is 0.0833. The van der Waals surface area contributed by atoms with Gasteiger partial charge < -0.3 is 10.2 Å². The smallest absolute Gasteiger partial charge is 0.244 e. The van der Waals surface area contributed by atoms with Crippen molar-refractivity contribution in [1.29, 1.82) is 0 Å². The van der Waals surface area contributed by atoms with Crippen LogP contribution in [0.4, 0.5) is 5.69 Å². The second-order valence-corrected chi connectivity index (χ2v) is 12.4. The third-order valence-electron chi connectivity index (χ3n) is 4.96. The lowest BCUT2D eigenvalue weighted by atomic mass is 10.1. The second-order valence-electron chi connectivity index (χ2n) is 9.21. The number of hydrogen-bond acceptors (Lipinski definition) is 4. The summed E-state index contributed by atoms with van der Waals surface area (Å²) in [6, 6.07) is 10.3. The Morgan fingerprint density at radius 1 is 0.971 bits per heavy atom. The van der Waals surface area contributed by atoms with Crippen molar-refractivity contribution in [2.24, 2.45) is 0 Å². The molecule has 1 atom stereocenters. The summed E-state index contributed by atoms with van der Waals surface area (Å²) in [5.41, 5.74) is 0.369. The van der Waals surface area contributed by atoms with E-state index in [9.17, 15) is 18.0 Å². The fourth-order valence-electron chi connectivity index (χ4n) is 3.46. The number of halogens is 3. The van der Waals surface area contributed by atoms with Gasteiger partial charge in [0.05, 0.1) is 11.9 Å². The molecule has 0 fully saturated rings. The second kappa shape index (κ2) is 11.8. The zero-order chi connectivity index (χ0) is 26.6. The highest BCUT2D eigenvalue weighted by Crippen LogP contribution is 2.27. The number of sulfonamides is 1. The molecule has 2 aromatic carbocycles. The Kier molecular flexibility index (Phi) is 9.87. The SMILES string of the molecule is CCC(C(=O)NC(C)(C)C)N(Cc1ccc(Cl)cc1)C(=O)CN(c1cc(Cl)cc(Cl)c1)S(C)(=O)=O. The molecule has 35 heavy (non-hydrogen) atoms. The van der Waals surface area contributed by atoms with Crippen molar-refractivity contribution in [2.75, 3.05) is 17.1 Å². The fraction of sp³-hybridized carbons (Fsp3) is 0.417. The van der Waals surface area contributed by atoms with Crippen LogP contribution in [0.1, 0.15) is 39.7 Å². The monoisotopic (exact) mass is 561 g/mol. The van der Waals surface area contributed by atoms with E-state index in [-0.39, 0.29) is 28.2 Å². The van der Waals surface area contributed by atoms with Crippen molar-refractivity contribution in [3.05, 3.63) is 63.1 Å². The molecule has 0 saturated heterocycles. The van der Waals surface area contributed by atoms with Gasteiger partial charge in [0.1, 0.15) is 12.6 Å². The Labute approximate surface area is 222 Å². The summed E-state index contributed by atoms with van der Waals surface area (Å²) in [6.45, 7) is 6.87. The van der Waals surface area contributed by atoms with E-state index < -0.39 is 34.1 Å². The van der Waals surface area contributed by atoms with Gasteiger partial charge in [0.2, 0.25) is 21.8 Å². The van der Waals surface area contributed by atoms with Gasteiger partial charge in [-0.1, -0.05) is 53.9 Å². The lowest BCUT2D eigenvalue weighted by molar-refractivity contribution is -0.141. The number of nitrogens with zero attached hydrogens (tertiary/aromatic N) is 2. The maximum absolute atomic E-state index is 13.6. The molecule has 0 saturated carbocycles. The van der Waals surface area contributed by atoms with E-state index in [4.69, 9.17) is 34.8 Å². The summed E-state index contributed by atoms with van der Waals surface area (Å²) in [7, 11) is -3.89. The van der Waals surface area contributed by atoms with E-state index in [1.54, 1.807) is 31.2 Å². The van der Waals surface area contributed by atoms with Gasteiger partial charge in [-0.25, -0.2) is 8.42 Å². The van der Waals surface area contributed by atoms with Crippen LogP contribution < -0.4 is 9.62 Å². The summed E-state index contributed by atoms with van der Waals surface area (Å²) in [5.74, 6) is -0.892. The molecule has 0 bridgehead atoms. The Balaban J connectivity index is 2.48. The van der Waals surface area contributed by atoms with Crippen LogP contribution in [0.3, 0.4) is 0 Å². The molecule has 1 unspecified atom stereocenters. The van der Waals surface area contributed by atoms with Gasteiger partial charge >= 0.3 is 0 Å². The van der Waals surface area contributed by atoms with Crippen LogP contribution in [-0.4, -0.2) is 49.5 Å². The standard InChI is InChI=1S/C24H30Cl3N3O4S/c1-6-21(23(32)28-24(2,3)4)29(14-16-7-9-17(25)10-8-16)22(31)15-30(35(5,33)34)20-12-18(26)11-19(27)13-20/h7-13,21H,6,14-15H2,1-5H3,(H,28,32). The maximum atomic E-state index is 13.6. The van der Waals surface area contributed by atoms with Gasteiger partial charge in [-0.15, -0.1) is 0 Å². The molecule has 0 aliphatic heterocycles. The highest BCUT2D eigenvalue weighted by atomic mass is 35.5. The number of benzene rings is 2. The van der Waals surface area contributed by atoms with Crippen molar-refractivity contribution < 1.29 is 18.0 Å². The molecule has 2 aromatic rings. The molecule has 7 nitrogen and oxygen atoms in total. The van der Waals surface area contributed by atoms with Crippen molar-refractivity contribution in [1.82, 2.24) is 10.2 Å². The van der Waals surface area contributed by atoms with Crippen molar-refractivity contribution in [2.45, 2.75) is 52.2 Å². The zero-order valence-corrected chi connectivity index (χ0v) is 23.4. The number of nitrogens with one attached hydrogen (secondary N) is 1. The highest BCUT2D eigenvalue weighted by molar-refractivity contribution is 7.92. The van der Waals surface area contributed by atoms with Crippen LogP contribution >= 0.6 is 34.8 Å². The van der Waals surface area contributed by atoms with Gasteiger partial charge in [0, 0.05) is 27.2 Å². The average molecular weight is 563 g/mol. The lowest BCUT2D eigenvalue weighted by Gasteiger charge is -2.34. The maximum Gasteiger partial charge on any atom is 0.244 e. The first-order chi connectivity index (χ1) is 16.1. The predicted molar refractivity (Wildman–Crippen MR) is 143 cm³/mol. The van der Waals surface area contributed by atoms with E-state index in [1.165, 1.54) is 23.1 Å². The van der Waals surface area contributed by atoms with Crippen molar-refractivity contribution >= 4 is 62.3 Å². The number of carbonyl (C=O) groups is 2. The van der Waals surface area contributed by atoms with Crippen molar-refractivity contribution in [3.63, 3.8) is 0 Å². The molecule has 0 radical (unpaired) electrons. The van der Waals surface area contributed by atoms with Crippen molar-refractivity contribution in [3.8, 4) is 0 Å². The highest BCUT2D eigenvalue weighted by Gasteiger charge is 2.33. The quantitative estimate of drug-likeness (QED) is 0.459. The third kappa shape index (κ3) is 8.86. The van der Waals surface area contributed by atoms with Gasteiger partial charge in [0.15, 0.2) is 0 Å². The number of anilines is 1. The summed E-state index contributed by atoms with van der Waals surface area (Å²) in [6.07, 6.45) is 1.31. The molecule has 2 rings (SSSR count). The minimum Gasteiger partial charge on any atom is -0.350 e. The summed E-state index contributed by atoms with van der Waals surface area (Å²) >= 11 is 18.1. The minimum atomic E-state index is -3.89. The molecule has 1 N–H and O–H groups in total. The van der Waals surface area contributed by atoms with Gasteiger partial charge in [-0.3, -0.25) is 13.9 Å². The molecule has 0 aliphatic rings. The first kappa shape index (κ1) is 29.2. The number of carbonyl (C=O) groups excluding carboxylic acids is 2. The predicted octanol–water partition coefficient (Wildman–Crippen LogP) is 5.13. The fourth-order valence-corrected chi connectivity index (χ4v) is 4.93. The summed E-state index contributed by atoms with van der Waals surface area (Å²) in [5, 5.41) is 3.89. The third-order valence-corrected chi connectivity index (χ3v) is 6.79. The Bertz CT molecular complexity index is 1150. The van der Waals surface area contributed by atoms with Crippen LogP contribution in [-0.2, 0) is 26.2 Å². The first-order valence-electron chi connectivity index (χ1n) is 10.9. The topological polar surface area (TPSA) is 86.8 Å². The van der Waals surface area contributed by atoms with E-state index in [0.717, 1.165) is 16.1 Å². The summed E-state index contributed by atoms with van der Waals surface area (Å²) < 4.78 is 26.2. The Morgan fingerprint density at radius 3 is 1.97 bits per heavy atom. The molecule has 192 valence electrons. The van der Waals surface area contributed by atoms with E-state index >= 15 is 0 Å². The van der Waals surface area contributed by atoms with E-state index in [1.807, 2.05) is 20.8 Å². The molecule has 0 aliphatic carbocycles. The number of amides is 2. The molecule has 0 aromatic heterocycles. The Morgan fingerprint density at radius 2 is 1.51 bits per heavy atom. The number of hydrogen-bond donors (Lipinski definition) is 1. The first-order valence-corrected chi connectivity index (χ1v) is 13.9. The molecule has 0 heterocycles. The average Bonchev–Trinajstić information content (AvgIpc) is 2.70. The van der Waals surface area contributed by atoms with E-state index in [2.05, 4.69) is 5.32 Å². The summed E-state index contributed by atoms with van der Waals surface area (Å²) in [4.78, 5) is 28.1. The zero-order valence-electron chi connectivity index (χ0n) is 20.3. The lowest BCUT2D eigenvalue weighted by Crippen LogP contribution is -2.55. The number of rotatable bonds is 9. The van der Waals surface area contributed by atoms with Crippen LogP contribution in [0.2, 0.25) is 15.1 Å². The Hall–Kier alpha value is -2.00. The van der Waals surface area contributed by atoms with Gasteiger partial charge in [0.25, 0.3) is 0 Å². The van der Waals surface area contributed by atoms with Crippen LogP contribution in [0, 0.1) is 0 Å². The van der Waals surface area contributed by atoms with Crippen LogP contribution in [0.5, 0.6) is 0 Å². The van der Waals surface area contributed by atoms with Gasteiger partial charge in [-0.05, 0) is 63.1 Å². The molecular formula is C24H30Cl3N3O4S. The van der Waals surface area contributed by atoms with Crippen LogP contribution in [0.25, 0.3) is 0 Å². The molecule has 0 spiro atoms. The van der Waals surface area contributed by atoms with E-state index in [0.29, 0.717) is 11.4 Å². The molecular weight excluding hydrogens is 533 g/mol.